The Kier molecular flexibility index (Phi) is 6.87. The van der Waals surface area contributed by atoms with Crippen molar-refractivity contribution < 1.29 is 18.7 Å². The standard InChI is InChI=1S/C21H23BrFN3O3/c1-24(2)8-9-25(12-15-4-3-5-17(23)10-15)20(27)13-26-18-7-6-16(22)11-19(18)29-14-21(26)28/h3-7,10-11H,8-9,12-14H2,1-2H3. The van der Waals surface area contributed by atoms with Crippen LogP contribution < -0.4 is 9.64 Å². The number of carbonyl (C=O) groups is 2. The van der Waals surface area contributed by atoms with Gasteiger partial charge in [-0.05, 0) is 50.0 Å². The average Bonchev–Trinajstić information content (AvgIpc) is 2.67. The fourth-order valence-electron chi connectivity index (χ4n) is 3.06. The first kappa shape index (κ1) is 21.3. The predicted molar refractivity (Wildman–Crippen MR) is 112 cm³/mol. The van der Waals surface area contributed by atoms with Gasteiger partial charge in [-0.1, -0.05) is 28.1 Å². The number of ether oxygens (including phenoxy) is 1. The summed E-state index contributed by atoms with van der Waals surface area (Å²) in [5.74, 6) is -0.270. The van der Waals surface area contributed by atoms with Crippen LogP contribution in [-0.2, 0) is 16.1 Å². The lowest BCUT2D eigenvalue weighted by Gasteiger charge is -2.32. The van der Waals surface area contributed by atoms with Crippen LogP contribution in [-0.4, -0.2) is 62.0 Å². The zero-order chi connectivity index (χ0) is 21.0. The SMILES string of the molecule is CN(C)CCN(Cc1cccc(F)c1)C(=O)CN1C(=O)COc2cc(Br)ccc21. The van der Waals surface area contributed by atoms with Crippen LogP contribution in [0.3, 0.4) is 0 Å². The third kappa shape index (κ3) is 5.55. The second kappa shape index (κ2) is 9.37. The van der Waals surface area contributed by atoms with E-state index in [4.69, 9.17) is 4.74 Å². The van der Waals surface area contributed by atoms with Crippen molar-refractivity contribution >= 4 is 33.4 Å². The van der Waals surface area contributed by atoms with Crippen molar-refractivity contribution in [1.29, 1.82) is 0 Å². The monoisotopic (exact) mass is 463 g/mol. The third-order valence-electron chi connectivity index (χ3n) is 4.59. The van der Waals surface area contributed by atoms with Crippen LogP contribution in [0.2, 0.25) is 0 Å². The molecule has 2 aromatic carbocycles. The van der Waals surface area contributed by atoms with E-state index in [2.05, 4.69) is 15.9 Å². The summed E-state index contributed by atoms with van der Waals surface area (Å²) in [6.45, 7) is 1.18. The molecule has 0 atom stereocenters. The largest absolute Gasteiger partial charge is 0.482 e. The molecule has 3 rings (SSSR count). The number of halogens is 2. The number of likely N-dealkylation sites (N-methyl/N-ethyl adjacent to an activating group) is 1. The first-order valence-corrected chi connectivity index (χ1v) is 10.0. The van der Waals surface area contributed by atoms with Gasteiger partial charge in [0, 0.05) is 24.1 Å². The molecule has 8 heteroatoms. The van der Waals surface area contributed by atoms with Gasteiger partial charge in [0.2, 0.25) is 5.91 Å². The molecule has 6 nitrogen and oxygen atoms in total. The summed E-state index contributed by atoms with van der Waals surface area (Å²) < 4.78 is 19.9. The molecule has 2 aromatic rings. The Labute approximate surface area is 178 Å². The fourth-order valence-corrected chi connectivity index (χ4v) is 3.40. The number of amides is 2. The lowest BCUT2D eigenvalue weighted by molar-refractivity contribution is -0.132. The minimum atomic E-state index is -0.342. The molecule has 0 saturated heterocycles. The van der Waals surface area contributed by atoms with Crippen LogP contribution in [0.15, 0.2) is 46.9 Å². The van der Waals surface area contributed by atoms with Crippen molar-refractivity contribution in [2.24, 2.45) is 0 Å². The van der Waals surface area contributed by atoms with Gasteiger partial charge in [0.05, 0.1) is 5.69 Å². The van der Waals surface area contributed by atoms with Crippen molar-refractivity contribution in [3.05, 3.63) is 58.3 Å². The molecule has 0 aliphatic carbocycles. The van der Waals surface area contributed by atoms with Gasteiger partial charge in [-0.2, -0.15) is 0 Å². The maximum atomic E-state index is 13.6. The lowest BCUT2D eigenvalue weighted by atomic mass is 10.2. The van der Waals surface area contributed by atoms with Gasteiger partial charge < -0.3 is 14.5 Å². The van der Waals surface area contributed by atoms with Gasteiger partial charge in [0.1, 0.15) is 18.1 Å². The molecule has 154 valence electrons. The van der Waals surface area contributed by atoms with E-state index in [1.807, 2.05) is 19.0 Å². The molecule has 2 amide bonds. The van der Waals surface area contributed by atoms with Crippen molar-refractivity contribution in [2.45, 2.75) is 6.54 Å². The average molecular weight is 464 g/mol. The highest BCUT2D eigenvalue weighted by atomic mass is 79.9. The third-order valence-corrected chi connectivity index (χ3v) is 5.08. The lowest BCUT2D eigenvalue weighted by Crippen LogP contribution is -2.47. The van der Waals surface area contributed by atoms with E-state index in [1.165, 1.54) is 17.0 Å². The predicted octanol–water partition coefficient (Wildman–Crippen LogP) is 2.90. The fraction of sp³-hybridized carbons (Fsp3) is 0.333. The van der Waals surface area contributed by atoms with Crippen LogP contribution in [0.4, 0.5) is 10.1 Å². The first-order chi connectivity index (χ1) is 13.8. The maximum Gasteiger partial charge on any atom is 0.265 e. The van der Waals surface area contributed by atoms with Gasteiger partial charge in [0.25, 0.3) is 5.91 Å². The topological polar surface area (TPSA) is 53.1 Å². The number of hydrogen-bond acceptors (Lipinski definition) is 4. The number of benzene rings is 2. The normalized spacial score (nSPS) is 13.3. The smallest absolute Gasteiger partial charge is 0.265 e. The molecule has 29 heavy (non-hydrogen) atoms. The van der Waals surface area contributed by atoms with E-state index >= 15 is 0 Å². The summed E-state index contributed by atoms with van der Waals surface area (Å²) in [6, 6.07) is 11.5. The summed E-state index contributed by atoms with van der Waals surface area (Å²) in [4.78, 5) is 30.6. The Morgan fingerprint density at radius 1 is 1.21 bits per heavy atom. The highest BCUT2D eigenvalue weighted by molar-refractivity contribution is 9.10. The van der Waals surface area contributed by atoms with Crippen molar-refractivity contribution in [2.75, 3.05) is 45.2 Å². The second-order valence-electron chi connectivity index (χ2n) is 7.13. The number of anilines is 1. The summed E-state index contributed by atoms with van der Waals surface area (Å²) in [5, 5.41) is 0. The number of nitrogens with zero attached hydrogens (tertiary/aromatic N) is 3. The van der Waals surface area contributed by atoms with Crippen LogP contribution in [0.1, 0.15) is 5.56 Å². The molecule has 1 aliphatic rings. The Morgan fingerprint density at radius 2 is 2.00 bits per heavy atom. The Bertz CT molecular complexity index is 906. The molecule has 0 fully saturated rings. The number of hydrogen-bond donors (Lipinski definition) is 0. The molecule has 0 bridgehead atoms. The van der Waals surface area contributed by atoms with Crippen LogP contribution in [0, 0.1) is 5.82 Å². The molecular formula is C21H23BrFN3O3. The van der Waals surface area contributed by atoms with Gasteiger partial charge in [-0.15, -0.1) is 0 Å². The van der Waals surface area contributed by atoms with Crippen molar-refractivity contribution in [3.63, 3.8) is 0 Å². The molecule has 0 N–H and O–H groups in total. The molecule has 0 aromatic heterocycles. The summed E-state index contributed by atoms with van der Waals surface area (Å²) in [5.41, 5.74) is 1.27. The van der Waals surface area contributed by atoms with E-state index in [-0.39, 0.29) is 37.3 Å². The number of carbonyl (C=O) groups excluding carboxylic acids is 2. The number of rotatable bonds is 7. The van der Waals surface area contributed by atoms with Gasteiger partial charge in [-0.25, -0.2) is 4.39 Å². The Hall–Kier alpha value is -2.45. The highest BCUT2D eigenvalue weighted by Crippen LogP contribution is 2.34. The summed E-state index contributed by atoms with van der Waals surface area (Å²) in [6.07, 6.45) is 0. The Morgan fingerprint density at radius 3 is 2.72 bits per heavy atom. The molecule has 0 unspecified atom stereocenters. The van der Waals surface area contributed by atoms with E-state index in [0.717, 1.165) is 4.47 Å². The Balaban J connectivity index is 1.79. The van der Waals surface area contributed by atoms with Crippen LogP contribution >= 0.6 is 15.9 Å². The van der Waals surface area contributed by atoms with Crippen molar-refractivity contribution in [3.8, 4) is 5.75 Å². The minimum absolute atomic E-state index is 0.0976. The molecule has 0 saturated carbocycles. The first-order valence-electron chi connectivity index (χ1n) is 9.23. The number of fused-ring (bicyclic) bond motifs is 1. The van der Waals surface area contributed by atoms with E-state index in [9.17, 15) is 14.0 Å². The molecule has 1 aliphatic heterocycles. The highest BCUT2D eigenvalue weighted by Gasteiger charge is 2.29. The van der Waals surface area contributed by atoms with Gasteiger partial charge in [-0.3, -0.25) is 14.5 Å². The van der Waals surface area contributed by atoms with E-state index < -0.39 is 0 Å². The van der Waals surface area contributed by atoms with Crippen LogP contribution in [0.25, 0.3) is 0 Å². The summed E-state index contributed by atoms with van der Waals surface area (Å²) >= 11 is 3.38. The zero-order valence-corrected chi connectivity index (χ0v) is 18.0. The molecular weight excluding hydrogens is 441 g/mol. The van der Waals surface area contributed by atoms with Crippen LogP contribution in [0.5, 0.6) is 5.75 Å². The summed E-state index contributed by atoms with van der Waals surface area (Å²) in [7, 11) is 3.84. The van der Waals surface area contributed by atoms with Crippen molar-refractivity contribution in [1.82, 2.24) is 9.80 Å². The molecule has 0 radical (unpaired) electrons. The molecule has 1 heterocycles. The minimum Gasteiger partial charge on any atom is -0.482 e. The van der Waals surface area contributed by atoms with E-state index in [0.29, 0.717) is 30.1 Å². The zero-order valence-electron chi connectivity index (χ0n) is 16.4. The van der Waals surface area contributed by atoms with Gasteiger partial charge >= 0.3 is 0 Å². The molecule has 0 spiro atoms. The van der Waals surface area contributed by atoms with E-state index in [1.54, 1.807) is 35.2 Å². The van der Waals surface area contributed by atoms with Gasteiger partial charge in [0.15, 0.2) is 6.61 Å². The maximum absolute atomic E-state index is 13.6. The second-order valence-corrected chi connectivity index (χ2v) is 8.04. The quantitative estimate of drug-likeness (QED) is 0.633.